The van der Waals surface area contributed by atoms with Crippen LogP contribution >= 0.6 is 0 Å². The Morgan fingerprint density at radius 3 is 2.54 bits per heavy atom. The lowest BCUT2D eigenvalue weighted by atomic mass is 10.1. The van der Waals surface area contributed by atoms with E-state index in [1.807, 2.05) is 30.3 Å². The molecule has 0 amide bonds. The topological polar surface area (TPSA) is 108 Å². The minimum Gasteiger partial charge on any atom is -0.398 e. The number of nitrogen functional groups attached to an aromatic ring is 1. The van der Waals surface area contributed by atoms with E-state index in [4.69, 9.17) is 5.73 Å². The summed E-state index contributed by atoms with van der Waals surface area (Å²) in [4.78, 5) is 8.51. The summed E-state index contributed by atoms with van der Waals surface area (Å²) in [7, 11) is -4.01. The molecule has 0 aliphatic rings. The van der Waals surface area contributed by atoms with Crippen LogP contribution in [0.2, 0.25) is 0 Å². The van der Waals surface area contributed by atoms with Gasteiger partial charge in [0.25, 0.3) is 0 Å². The first-order valence-corrected chi connectivity index (χ1v) is 9.85. The van der Waals surface area contributed by atoms with E-state index in [2.05, 4.69) is 15.1 Å². The van der Waals surface area contributed by atoms with Crippen LogP contribution in [0.5, 0.6) is 0 Å². The predicted molar refractivity (Wildman–Crippen MR) is 105 cm³/mol. The molecule has 0 spiro atoms. The molecule has 8 nitrogen and oxygen atoms in total. The SMILES string of the molecule is Nc1ccc2ncc(S(=O)(=O)n3ncc4ncc(-c5ccccc5)cc43)n2c1. The molecule has 0 saturated heterocycles. The molecule has 2 N–H and O–H groups in total. The number of benzene rings is 1. The van der Waals surface area contributed by atoms with Crippen LogP contribution in [0.15, 0.2) is 78.3 Å². The molecule has 138 valence electrons. The number of hydrogen-bond donors (Lipinski definition) is 1. The second-order valence-electron chi connectivity index (χ2n) is 6.27. The molecular formula is C19H14N6O2S. The highest BCUT2D eigenvalue weighted by molar-refractivity contribution is 7.90. The van der Waals surface area contributed by atoms with Crippen molar-refractivity contribution in [3.8, 4) is 11.1 Å². The van der Waals surface area contributed by atoms with Gasteiger partial charge in [0.15, 0.2) is 5.03 Å². The molecule has 5 rings (SSSR count). The quantitative estimate of drug-likeness (QED) is 0.507. The Morgan fingerprint density at radius 2 is 1.71 bits per heavy atom. The van der Waals surface area contributed by atoms with Gasteiger partial charge in [0.2, 0.25) is 0 Å². The van der Waals surface area contributed by atoms with Crippen LogP contribution in [0, 0.1) is 0 Å². The molecule has 0 bridgehead atoms. The molecule has 5 aromatic rings. The third kappa shape index (κ3) is 2.44. The van der Waals surface area contributed by atoms with E-state index in [-0.39, 0.29) is 5.03 Å². The molecule has 0 radical (unpaired) electrons. The smallest absolute Gasteiger partial charge is 0.301 e. The van der Waals surface area contributed by atoms with E-state index < -0.39 is 10.0 Å². The van der Waals surface area contributed by atoms with Crippen molar-refractivity contribution < 1.29 is 8.42 Å². The Morgan fingerprint density at radius 1 is 0.893 bits per heavy atom. The first kappa shape index (κ1) is 16.5. The van der Waals surface area contributed by atoms with Gasteiger partial charge in [-0.05, 0) is 23.8 Å². The van der Waals surface area contributed by atoms with E-state index in [9.17, 15) is 8.42 Å². The zero-order chi connectivity index (χ0) is 19.3. The van der Waals surface area contributed by atoms with E-state index in [0.29, 0.717) is 22.4 Å². The van der Waals surface area contributed by atoms with E-state index in [1.165, 1.54) is 23.0 Å². The molecule has 0 unspecified atom stereocenters. The maximum absolute atomic E-state index is 13.3. The van der Waals surface area contributed by atoms with E-state index >= 15 is 0 Å². The normalized spacial score (nSPS) is 12.0. The van der Waals surface area contributed by atoms with Crippen molar-refractivity contribution in [1.29, 1.82) is 0 Å². The highest BCUT2D eigenvalue weighted by atomic mass is 32.2. The molecule has 4 aromatic heterocycles. The lowest BCUT2D eigenvalue weighted by Gasteiger charge is -2.07. The maximum Gasteiger partial charge on any atom is 0.301 e. The zero-order valence-corrected chi connectivity index (χ0v) is 15.3. The Labute approximate surface area is 159 Å². The minimum atomic E-state index is -4.01. The van der Waals surface area contributed by atoms with Crippen LogP contribution in [0.4, 0.5) is 5.69 Å². The molecular weight excluding hydrogens is 376 g/mol. The van der Waals surface area contributed by atoms with Crippen molar-refractivity contribution in [3.05, 3.63) is 73.3 Å². The molecule has 4 heterocycles. The number of nitrogens with two attached hydrogens (primary N) is 1. The largest absolute Gasteiger partial charge is 0.398 e. The van der Waals surface area contributed by atoms with Crippen molar-refractivity contribution >= 4 is 32.4 Å². The summed E-state index contributed by atoms with van der Waals surface area (Å²) in [5.41, 5.74) is 9.33. The molecule has 28 heavy (non-hydrogen) atoms. The monoisotopic (exact) mass is 390 g/mol. The highest BCUT2D eigenvalue weighted by Gasteiger charge is 2.25. The fourth-order valence-corrected chi connectivity index (χ4v) is 4.45. The molecule has 9 heteroatoms. The van der Waals surface area contributed by atoms with Gasteiger partial charge in [-0.1, -0.05) is 30.3 Å². The van der Waals surface area contributed by atoms with Crippen molar-refractivity contribution in [3.63, 3.8) is 0 Å². The van der Waals surface area contributed by atoms with Gasteiger partial charge in [-0.25, -0.2) is 4.98 Å². The minimum absolute atomic E-state index is 0.0232. The summed E-state index contributed by atoms with van der Waals surface area (Å²) in [6.07, 6.45) is 5.95. The van der Waals surface area contributed by atoms with Gasteiger partial charge in [-0.3, -0.25) is 9.38 Å². The number of aromatic nitrogens is 5. The van der Waals surface area contributed by atoms with Crippen LogP contribution in [-0.2, 0) is 10.0 Å². The maximum atomic E-state index is 13.3. The second-order valence-corrected chi connectivity index (χ2v) is 7.99. The Hall–Kier alpha value is -3.72. The first-order chi connectivity index (χ1) is 13.5. The fraction of sp³-hybridized carbons (Fsp3) is 0. The van der Waals surface area contributed by atoms with Gasteiger partial charge in [0.05, 0.1) is 12.4 Å². The van der Waals surface area contributed by atoms with Gasteiger partial charge in [-0.2, -0.15) is 17.6 Å². The number of imidazole rings is 1. The van der Waals surface area contributed by atoms with Gasteiger partial charge in [-0.15, -0.1) is 0 Å². The van der Waals surface area contributed by atoms with Crippen LogP contribution < -0.4 is 5.73 Å². The number of fused-ring (bicyclic) bond motifs is 2. The summed E-state index contributed by atoms with van der Waals surface area (Å²) < 4.78 is 29.0. The molecule has 0 aliphatic carbocycles. The summed E-state index contributed by atoms with van der Waals surface area (Å²) in [5.74, 6) is 0. The average Bonchev–Trinajstić information content (AvgIpc) is 3.32. The molecule has 0 saturated carbocycles. The van der Waals surface area contributed by atoms with Gasteiger partial charge in [0, 0.05) is 23.6 Å². The number of anilines is 1. The second kappa shape index (κ2) is 5.89. The summed E-state index contributed by atoms with van der Waals surface area (Å²) in [6, 6.07) is 14.7. The summed E-state index contributed by atoms with van der Waals surface area (Å²) in [5, 5.41) is 4.06. The fourth-order valence-electron chi connectivity index (χ4n) is 3.12. The van der Waals surface area contributed by atoms with Crippen molar-refractivity contribution in [2.24, 2.45) is 0 Å². The zero-order valence-electron chi connectivity index (χ0n) is 14.5. The van der Waals surface area contributed by atoms with Crippen molar-refractivity contribution in [2.45, 2.75) is 5.03 Å². The van der Waals surface area contributed by atoms with Crippen LogP contribution in [0.25, 0.3) is 27.8 Å². The average molecular weight is 390 g/mol. The number of rotatable bonds is 3. The third-order valence-corrected chi connectivity index (χ3v) is 6.06. The van der Waals surface area contributed by atoms with E-state index in [0.717, 1.165) is 15.2 Å². The predicted octanol–water partition coefficient (Wildman–Crippen LogP) is 2.57. The Bertz CT molecular complexity index is 1440. The van der Waals surface area contributed by atoms with Gasteiger partial charge < -0.3 is 5.73 Å². The third-order valence-electron chi connectivity index (χ3n) is 4.48. The van der Waals surface area contributed by atoms with Crippen LogP contribution in [0.3, 0.4) is 0 Å². The lowest BCUT2D eigenvalue weighted by Crippen LogP contribution is -2.16. The van der Waals surface area contributed by atoms with Gasteiger partial charge >= 0.3 is 10.0 Å². The summed E-state index contributed by atoms with van der Waals surface area (Å²) >= 11 is 0. The van der Waals surface area contributed by atoms with Crippen molar-refractivity contribution in [2.75, 3.05) is 5.73 Å². The molecule has 0 atom stereocenters. The number of nitrogens with zero attached hydrogens (tertiary/aromatic N) is 5. The Kier molecular flexibility index (Phi) is 3.46. The lowest BCUT2D eigenvalue weighted by molar-refractivity contribution is 0.577. The van der Waals surface area contributed by atoms with E-state index in [1.54, 1.807) is 24.4 Å². The molecule has 0 fully saturated rings. The number of pyridine rings is 2. The highest BCUT2D eigenvalue weighted by Crippen LogP contribution is 2.25. The standard InChI is InChI=1S/C19H14N6O2S/c20-15-6-7-18-22-11-19(24(18)12-15)28(26,27)25-17-8-14(9-21-16(17)10-23-25)13-4-2-1-3-5-13/h1-12H,20H2. The van der Waals surface area contributed by atoms with Crippen molar-refractivity contribution in [1.82, 2.24) is 23.6 Å². The van der Waals surface area contributed by atoms with Crippen LogP contribution in [-0.4, -0.2) is 32.0 Å². The molecule has 1 aromatic carbocycles. The first-order valence-electron chi connectivity index (χ1n) is 8.41. The number of hydrogen-bond acceptors (Lipinski definition) is 6. The Balaban J connectivity index is 1.72. The summed E-state index contributed by atoms with van der Waals surface area (Å²) in [6.45, 7) is 0. The molecule has 0 aliphatic heterocycles. The van der Waals surface area contributed by atoms with Crippen LogP contribution in [0.1, 0.15) is 0 Å². The van der Waals surface area contributed by atoms with Gasteiger partial charge in [0.1, 0.15) is 16.7 Å².